The minimum atomic E-state index is -0.266. The Kier molecular flexibility index (Phi) is 7.25. The highest BCUT2D eigenvalue weighted by Crippen LogP contribution is 2.17. The molecular formula is C13H25N3O3. The lowest BCUT2D eigenvalue weighted by molar-refractivity contribution is -0.121. The highest BCUT2D eigenvalue weighted by Gasteiger charge is 2.16. The number of methoxy groups -OCH3 is 1. The van der Waals surface area contributed by atoms with Gasteiger partial charge in [-0.25, -0.2) is 4.79 Å². The van der Waals surface area contributed by atoms with Crippen LogP contribution in [0.2, 0.25) is 0 Å². The van der Waals surface area contributed by atoms with Crippen LogP contribution in [0.1, 0.15) is 39.0 Å². The molecule has 0 spiro atoms. The minimum absolute atomic E-state index is 0.0112. The zero-order chi connectivity index (χ0) is 14.1. The van der Waals surface area contributed by atoms with Crippen LogP contribution in [0.4, 0.5) is 4.79 Å². The summed E-state index contributed by atoms with van der Waals surface area (Å²) in [5, 5.41) is 8.37. The SMILES string of the molecule is COCC(C)NC(=O)NCCC(=O)NC1CCCC1. The van der Waals surface area contributed by atoms with Crippen LogP contribution in [0.3, 0.4) is 0 Å². The summed E-state index contributed by atoms with van der Waals surface area (Å²) in [4.78, 5) is 23.0. The van der Waals surface area contributed by atoms with Crippen LogP contribution in [0.15, 0.2) is 0 Å². The quantitative estimate of drug-likeness (QED) is 0.640. The van der Waals surface area contributed by atoms with Gasteiger partial charge in [-0.1, -0.05) is 12.8 Å². The number of urea groups is 1. The second-order valence-corrected chi connectivity index (χ2v) is 5.06. The maximum absolute atomic E-state index is 11.6. The van der Waals surface area contributed by atoms with Gasteiger partial charge in [-0.2, -0.15) is 0 Å². The van der Waals surface area contributed by atoms with Crippen molar-refractivity contribution in [2.45, 2.75) is 51.1 Å². The van der Waals surface area contributed by atoms with Gasteiger partial charge in [-0.05, 0) is 19.8 Å². The lowest BCUT2D eigenvalue weighted by Gasteiger charge is -2.14. The summed E-state index contributed by atoms with van der Waals surface area (Å²) in [6.07, 6.45) is 4.87. The van der Waals surface area contributed by atoms with E-state index in [1.54, 1.807) is 7.11 Å². The number of hydrogen-bond acceptors (Lipinski definition) is 3. The molecule has 0 aliphatic heterocycles. The van der Waals surface area contributed by atoms with Gasteiger partial charge in [-0.15, -0.1) is 0 Å². The van der Waals surface area contributed by atoms with Gasteiger partial charge in [0.2, 0.25) is 5.91 Å². The second-order valence-electron chi connectivity index (χ2n) is 5.06. The Bertz CT molecular complexity index is 291. The molecule has 1 fully saturated rings. The molecule has 1 rings (SSSR count). The van der Waals surface area contributed by atoms with Crippen molar-refractivity contribution in [1.82, 2.24) is 16.0 Å². The number of carbonyl (C=O) groups is 2. The summed E-state index contributed by atoms with van der Waals surface area (Å²) in [5.74, 6) is 0.0112. The predicted molar refractivity (Wildman–Crippen MR) is 72.9 cm³/mol. The summed E-state index contributed by atoms with van der Waals surface area (Å²) in [7, 11) is 1.59. The summed E-state index contributed by atoms with van der Waals surface area (Å²) in [5.41, 5.74) is 0. The number of rotatable bonds is 7. The molecule has 1 atom stereocenters. The molecule has 0 aromatic rings. The number of carbonyl (C=O) groups excluding carboxylic acids is 2. The van der Waals surface area contributed by atoms with E-state index < -0.39 is 0 Å². The molecule has 0 aromatic carbocycles. The third kappa shape index (κ3) is 7.00. The van der Waals surface area contributed by atoms with Crippen LogP contribution in [0.25, 0.3) is 0 Å². The van der Waals surface area contributed by atoms with Crippen molar-refractivity contribution >= 4 is 11.9 Å². The van der Waals surface area contributed by atoms with Crippen molar-refractivity contribution in [2.24, 2.45) is 0 Å². The Balaban J connectivity index is 2.05. The molecule has 0 saturated heterocycles. The zero-order valence-corrected chi connectivity index (χ0v) is 11.8. The van der Waals surface area contributed by atoms with Crippen LogP contribution in [-0.4, -0.2) is 44.3 Å². The molecule has 1 aliphatic carbocycles. The molecule has 1 unspecified atom stereocenters. The van der Waals surface area contributed by atoms with Crippen molar-refractivity contribution in [3.05, 3.63) is 0 Å². The molecule has 3 N–H and O–H groups in total. The molecule has 6 nitrogen and oxygen atoms in total. The molecule has 0 bridgehead atoms. The predicted octanol–water partition coefficient (Wildman–Crippen LogP) is 0.769. The minimum Gasteiger partial charge on any atom is -0.383 e. The Morgan fingerprint density at radius 2 is 2.00 bits per heavy atom. The molecular weight excluding hydrogens is 246 g/mol. The second kappa shape index (κ2) is 8.74. The van der Waals surface area contributed by atoms with Gasteiger partial charge in [0.1, 0.15) is 0 Å². The first-order valence-corrected chi connectivity index (χ1v) is 6.94. The third-order valence-corrected chi connectivity index (χ3v) is 3.15. The normalized spacial score (nSPS) is 16.9. The molecule has 0 heterocycles. The van der Waals surface area contributed by atoms with Crippen molar-refractivity contribution in [3.63, 3.8) is 0 Å². The third-order valence-electron chi connectivity index (χ3n) is 3.15. The monoisotopic (exact) mass is 271 g/mol. The molecule has 3 amide bonds. The van der Waals surface area contributed by atoms with Gasteiger partial charge in [0.05, 0.1) is 12.6 Å². The van der Waals surface area contributed by atoms with Crippen LogP contribution in [-0.2, 0) is 9.53 Å². The van der Waals surface area contributed by atoms with Gasteiger partial charge in [0.25, 0.3) is 0 Å². The van der Waals surface area contributed by atoms with E-state index in [2.05, 4.69) is 16.0 Å². The van der Waals surface area contributed by atoms with Gasteiger partial charge in [-0.3, -0.25) is 4.79 Å². The lowest BCUT2D eigenvalue weighted by Crippen LogP contribution is -2.44. The van der Waals surface area contributed by atoms with Gasteiger partial charge in [0.15, 0.2) is 0 Å². The molecule has 110 valence electrons. The van der Waals surface area contributed by atoms with E-state index in [4.69, 9.17) is 4.74 Å². The lowest BCUT2D eigenvalue weighted by atomic mass is 10.2. The number of nitrogens with one attached hydrogen (secondary N) is 3. The van der Waals surface area contributed by atoms with Crippen molar-refractivity contribution in [3.8, 4) is 0 Å². The van der Waals surface area contributed by atoms with Crippen LogP contribution in [0, 0.1) is 0 Å². The number of hydrogen-bond donors (Lipinski definition) is 3. The van der Waals surface area contributed by atoms with E-state index in [9.17, 15) is 9.59 Å². The Hall–Kier alpha value is -1.30. The molecule has 19 heavy (non-hydrogen) atoms. The standard InChI is InChI=1S/C13H25N3O3/c1-10(9-19-2)15-13(18)14-8-7-12(17)16-11-5-3-4-6-11/h10-11H,3-9H2,1-2H3,(H,16,17)(H2,14,15,18). The first kappa shape index (κ1) is 15.8. The molecule has 1 aliphatic rings. The fraction of sp³-hybridized carbons (Fsp3) is 0.846. The Morgan fingerprint density at radius 3 is 2.63 bits per heavy atom. The average molecular weight is 271 g/mol. The highest BCUT2D eigenvalue weighted by atomic mass is 16.5. The summed E-state index contributed by atoms with van der Waals surface area (Å²) in [6.45, 7) is 2.68. The van der Waals surface area contributed by atoms with E-state index in [0.717, 1.165) is 12.8 Å². The van der Waals surface area contributed by atoms with E-state index >= 15 is 0 Å². The smallest absolute Gasteiger partial charge is 0.315 e. The van der Waals surface area contributed by atoms with Crippen LogP contribution in [0.5, 0.6) is 0 Å². The summed E-state index contributed by atoms with van der Waals surface area (Å²) >= 11 is 0. The molecule has 0 aromatic heterocycles. The van der Waals surface area contributed by atoms with E-state index in [0.29, 0.717) is 25.6 Å². The maximum Gasteiger partial charge on any atom is 0.315 e. The van der Waals surface area contributed by atoms with Gasteiger partial charge < -0.3 is 20.7 Å². The van der Waals surface area contributed by atoms with E-state index in [1.165, 1.54) is 12.8 Å². The van der Waals surface area contributed by atoms with Gasteiger partial charge >= 0.3 is 6.03 Å². The fourth-order valence-corrected chi connectivity index (χ4v) is 2.23. The molecule has 6 heteroatoms. The number of amides is 3. The molecule has 1 saturated carbocycles. The van der Waals surface area contributed by atoms with Crippen molar-refractivity contribution in [2.75, 3.05) is 20.3 Å². The first-order chi connectivity index (χ1) is 9.11. The largest absolute Gasteiger partial charge is 0.383 e. The first-order valence-electron chi connectivity index (χ1n) is 6.94. The Morgan fingerprint density at radius 1 is 1.32 bits per heavy atom. The average Bonchev–Trinajstić information content (AvgIpc) is 2.81. The van der Waals surface area contributed by atoms with Crippen molar-refractivity contribution < 1.29 is 14.3 Å². The maximum atomic E-state index is 11.6. The topological polar surface area (TPSA) is 79.5 Å². The van der Waals surface area contributed by atoms with Crippen LogP contribution < -0.4 is 16.0 Å². The zero-order valence-electron chi connectivity index (χ0n) is 11.8. The number of ether oxygens (including phenoxy) is 1. The van der Waals surface area contributed by atoms with E-state index in [-0.39, 0.29) is 18.0 Å². The van der Waals surface area contributed by atoms with Gasteiger partial charge in [0, 0.05) is 26.1 Å². The van der Waals surface area contributed by atoms with E-state index in [1.807, 2.05) is 6.92 Å². The summed E-state index contributed by atoms with van der Waals surface area (Å²) in [6, 6.07) is 0.0265. The summed E-state index contributed by atoms with van der Waals surface area (Å²) < 4.78 is 4.91. The van der Waals surface area contributed by atoms with Crippen LogP contribution >= 0.6 is 0 Å². The molecule has 0 radical (unpaired) electrons. The highest BCUT2D eigenvalue weighted by molar-refractivity contribution is 5.78. The Labute approximate surface area is 114 Å². The fourth-order valence-electron chi connectivity index (χ4n) is 2.23. The van der Waals surface area contributed by atoms with Crippen molar-refractivity contribution in [1.29, 1.82) is 0 Å².